The molecule has 0 aliphatic heterocycles. The Morgan fingerprint density at radius 3 is 2.64 bits per heavy atom. The van der Waals surface area contributed by atoms with E-state index in [9.17, 15) is 15.0 Å². The van der Waals surface area contributed by atoms with E-state index in [-0.39, 0.29) is 16.7 Å². The SMILES string of the molecule is CC1=C(Cc2cccc(C(=O)O)c2O)[C@@]2(C)CCCC(C)(C)C2CC1. The highest BCUT2D eigenvalue weighted by Gasteiger charge is 2.49. The molecular weight excluding hydrogens is 312 g/mol. The fourth-order valence-corrected chi connectivity index (χ4v) is 5.64. The van der Waals surface area contributed by atoms with Crippen LogP contribution in [0.15, 0.2) is 29.3 Å². The molecule has 0 saturated heterocycles. The van der Waals surface area contributed by atoms with Gasteiger partial charge in [-0.2, -0.15) is 0 Å². The van der Waals surface area contributed by atoms with Crippen molar-refractivity contribution in [1.82, 2.24) is 0 Å². The minimum Gasteiger partial charge on any atom is -0.507 e. The highest BCUT2D eigenvalue weighted by molar-refractivity contribution is 5.91. The molecule has 2 aliphatic carbocycles. The maximum absolute atomic E-state index is 11.3. The van der Waals surface area contributed by atoms with Crippen molar-refractivity contribution in [2.75, 3.05) is 0 Å². The Hall–Kier alpha value is -1.77. The minimum absolute atomic E-state index is 0.00256. The van der Waals surface area contributed by atoms with Crippen LogP contribution in [-0.2, 0) is 6.42 Å². The first-order chi connectivity index (χ1) is 11.7. The van der Waals surface area contributed by atoms with E-state index in [2.05, 4.69) is 27.7 Å². The number of carboxylic acids is 1. The molecule has 1 aromatic rings. The number of carboxylic acid groups (broad SMARTS) is 1. The molecule has 0 amide bonds. The van der Waals surface area contributed by atoms with Crippen LogP contribution in [0.5, 0.6) is 5.75 Å². The maximum Gasteiger partial charge on any atom is 0.339 e. The van der Waals surface area contributed by atoms with E-state index in [4.69, 9.17) is 0 Å². The summed E-state index contributed by atoms with van der Waals surface area (Å²) in [6.07, 6.45) is 6.70. The molecule has 136 valence electrons. The second-order valence-corrected chi connectivity index (χ2v) is 8.90. The van der Waals surface area contributed by atoms with Gasteiger partial charge in [0.05, 0.1) is 0 Å². The number of rotatable bonds is 3. The van der Waals surface area contributed by atoms with E-state index in [0.29, 0.717) is 17.8 Å². The zero-order valence-corrected chi connectivity index (χ0v) is 15.9. The molecule has 0 spiro atoms. The summed E-state index contributed by atoms with van der Waals surface area (Å²) in [7, 11) is 0. The van der Waals surface area contributed by atoms with Gasteiger partial charge in [-0.15, -0.1) is 0 Å². The van der Waals surface area contributed by atoms with Crippen LogP contribution >= 0.6 is 0 Å². The Kier molecular flexibility index (Phi) is 4.47. The van der Waals surface area contributed by atoms with Crippen LogP contribution < -0.4 is 0 Å². The highest BCUT2D eigenvalue weighted by atomic mass is 16.4. The number of hydrogen-bond donors (Lipinski definition) is 2. The lowest BCUT2D eigenvalue weighted by atomic mass is 9.50. The van der Waals surface area contributed by atoms with Crippen molar-refractivity contribution < 1.29 is 15.0 Å². The van der Waals surface area contributed by atoms with Gasteiger partial charge in [0.25, 0.3) is 0 Å². The van der Waals surface area contributed by atoms with Crippen LogP contribution in [0, 0.1) is 16.7 Å². The molecule has 1 fully saturated rings. The van der Waals surface area contributed by atoms with Crippen LogP contribution in [0.3, 0.4) is 0 Å². The Morgan fingerprint density at radius 1 is 1.24 bits per heavy atom. The van der Waals surface area contributed by atoms with Gasteiger partial charge in [-0.3, -0.25) is 0 Å². The van der Waals surface area contributed by atoms with E-state index in [1.165, 1.54) is 42.9 Å². The number of phenols is 1. The lowest BCUT2D eigenvalue weighted by molar-refractivity contribution is 0.0112. The molecule has 1 unspecified atom stereocenters. The second-order valence-electron chi connectivity index (χ2n) is 8.90. The quantitative estimate of drug-likeness (QED) is 0.705. The molecule has 0 aromatic heterocycles. The zero-order chi connectivity index (χ0) is 18.4. The Balaban J connectivity index is 2.02. The van der Waals surface area contributed by atoms with Gasteiger partial charge < -0.3 is 10.2 Å². The van der Waals surface area contributed by atoms with Crippen LogP contribution in [0.25, 0.3) is 0 Å². The first-order valence-corrected chi connectivity index (χ1v) is 9.40. The standard InChI is InChI=1S/C22H30O3/c1-14-9-10-18-21(2,3)11-6-12-22(18,4)17(14)13-15-7-5-8-16(19(15)23)20(24)25/h5,7-8,18,23H,6,9-13H2,1-4H3,(H,24,25)/t18?,22-/m1/s1. The molecule has 3 nitrogen and oxygen atoms in total. The van der Waals surface area contributed by atoms with Crippen LogP contribution in [0.2, 0.25) is 0 Å². The van der Waals surface area contributed by atoms with E-state index in [1.54, 1.807) is 6.07 Å². The maximum atomic E-state index is 11.3. The number of aromatic carboxylic acids is 1. The third-order valence-corrected chi connectivity index (χ3v) is 6.96. The molecule has 1 saturated carbocycles. The predicted octanol–water partition coefficient (Wildman–Crippen LogP) is 5.58. The molecule has 0 bridgehead atoms. The molecule has 0 heterocycles. The zero-order valence-electron chi connectivity index (χ0n) is 15.9. The summed E-state index contributed by atoms with van der Waals surface area (Å²) in [5.41, 5.74) is 4.07. The van der Waals surface area contributed by atoms with Gasteiger partial charge in [0.15, 0.2) is 0 Å². The van der Waals surface area contributed by atoms with Gasteiger partial charge in [-0.05, 0) is 67.4 Å². The van der Waals surface area contributed by atoms with E-state index in [1.807, 2.05) is 6.07 Å². The molecular formula is C22H30O3. The van der Waals surface area contributed by atoms with Crippen LogP contribution in [0.1, 0.15) is 75.7 Å². The molecule has 2 N–H and O–H groups in total. The summed E-state index contributed by atoms with van der Waals surface area (Å²) in [5, 5.41) is 19.7. The first kappa shape index (κ1) is 18.0. The van der Waals surface area contributed by atoms with Gasteiger partial charge in [-0.25, -0.2) is 4.79 Å². The fourth-order valence-electron chi connectivity index (χ4n) is 5.64. The average Bonchev–Trinajstić information content (AvgIpc) is 2.51. The van der Waals surface area contributed by atoms with Gasteiger partial charge >= 0.3 is 5.97 Å². The van der Waals surface area contributed by atoms with Crippen molar-refractivity contribution in [3.8, 4) is 5.75 Å². The highest BCUT2D eigenvalue weighted by Crippen LogP contribution is 2.60. The lowest BCUT2D eigenvalue weighted by Crippen LogP contribution is -2.45. The molecule has 3 rings (SSSR count). The smallest absolute Gasteiger partial charge is 0.339 e. The van der Waals surface area contributed by atoms with Crippen molar-refractivity contribution in [3.05, 3.63) is 40.5 Å². The number of allylic oxidation sites excluding steroid dienone is 2. The first-order valence-electron chi connectivity index (χ1n) is 9.40. The van der Waals surface area contributed by atoms with Crippen molar-refractivity contribution in [3.63, 3.8) is 0 Å². The summed E-state index contributed by atoms with van der Waals surface area (Å²) in [6.45, 7) is 9.41. The summed E-state index contributed by atoms with van der Waals surface area (Å²) in [6, 6.07) is 5.07. The average molecular weight is 342 g/mol. The number of benzene rings is 1. The van der Waals surface area contributed by atoms with Gasteiger partial charge in [0, 0.05) is 0 Å². The predicted molar refractivity (Wildman–Crippen MR) is 99.9 cm³/mol. The Bertz CT molecular complexity index is 729. The van der Waals surface area contributed by atoms with Gasteiger partial charge in [0.1, 0.15) is 11.3 Å². The van der Waals surface area contributed by atoms with Crippen molar-refractivity contribution in [2.45, 2.75) is 66.2 Å². The largest absolute Gasteiger partial charge is 0.507 e. The van der Waals surface area contributed by atoms with E-state index in [0.717, 1.165) is 12.0 Å². The number of fused-ring (bicyclic) bond motifs is 1. The van der Waals surface area contributed by atoms with E-state index >= 15 is 0 Å². The van der Waals surface area contributed by atoms with Crippen LogP contribution in [-0.4, -0.2) is 16.2 Å². The number of para-hydroxylation sites is 1. The van der Waals surface area contributed by atoms with E-state index < -0.39 is 5.97 Å². The molecule has 3 heteroatoms. The molecule has 2 atom stereocenters. The molecule has 25 heavy (non-hydrogen) atoms. The van der Waals surface area contributed by atoms with Gasteiger partial charge in [0.2, 0.25) is 0 Å². The monoisotopic (exact) mass is 342 g/mol. The number of carbonyl (C=O) groups is 1. The molecule has 1 aromatic carbocycles. The van der Waals surface area contributed by atoms with Crippen LogP contribution in [0.4, 0.5) is 0 Å². The molecule has 0 radical (unpaired) electrons. The third-order valence-electron chi connectivity index (χ3n) is 6.96. The van der Waals surface area contributed by atoms with Crippen molar-refractivity contribution >= 4 is 5.97 Å². The Morgan fingerprint density at radius 2 is 1.96 bits per heavy atom. The topological polar surface area (TPSA) is 57.5 Å². The number of aromatic hydroxyl groups is 1. The summed E-state index contributed by atoms with van der Waals surface area (Å²) < 4.78 is 0. The summed E-state index contributed by atoms with van der Waals surface area (Å²) in [4.78, 5) is 11.3. The van der Waals surface area contributed by atoms with Crippen molar-refractivity contribution in [2.24, 2.45) is 16.7 Å². The summed E-state index contributed by atoms with van der Waals surface area (Å²) >= 11 is 0. The minimum atomic E-state index is -1.07. The fraction of sp³-hybridized carbons (Fsp3) is 0.591. The normalized spacial score (nSPS) is 28.6. The number of hydrogen-bond acceptors (Lipinski definition) is 2. The molecule has 2 aliphatic rings. The Labute approximate surface area is 150 Å². The third kappa shape index (κ3) is 2.98. The summed E-state index contributed by atoms with van der Waals surface area (Å²) in [5.74, 6) is -0.495. The lowest BCUT2D eigenvalue weighted by Gasteiger charge is -2.55. The van der Waals surface area contributed by atoms with Crippen molar-refractivity contribution in [1.29, 1.82) is 0 Å². The van der Waals surface area contributed by atoms with Gasteiger partial charge in [-0.1, -0.05) is 50.5 Å². The second kappa shape index (κ2) is 6.19.